The van der Waals surface area contributed by atoms with E-state index in [-0.39, 0.29) is 11.8 Å². The van der Waals surface area contributed by atoms with E-state index in [0.29, 0.717) is 0 Å². The molecular formula is C24H22O. The van der Waals surface area contributed by atoms with Crippen molar-refractivity contribution in [3.8, 4) is 0 Å². The van der Waals surface area contributed by atoms with Crippen LogP contribution >= 0.6 is 0 Å². The first kappa shape index (κ1) is 15.9. The van der Waals surface area contributed by atoms with Gasteiger partial charge in [0.2, 0.25) is 0 Å². The van der Waals surface area contributed by atoms with E-state index in [1.165, 1.54) is 22.3 Å². The summed E-state index contributed by atoms with van der Waals surface area (Å²) in [5.74, 6) is 0.508. The molecule has 0 radical (unpaired) electrons. The molecule has 4 rings (SSSR count). The standard InChI is InChI=1S/C24H22O/c25-21-16-22(18-10-4-1-5-11-18)24(20-14-8-3-9-15-20)23(17-21)19-12-6-2-7-13-19/h1-16,21,23-25H,17H2/t21-,23-,24+/m1/s1. The normalized spacial score (nSPS) is 23.1. The molecule has 0 spiro atoms. The molecule has 0 fully saturated rings. The Morgan fingerprint density at radius 1 is 0.640 bits per heavy atom. The first-order chi connectivity index (χ1) is 12.3. The van der Waals surface area contributed by atoms with Gasteiger partial charge in [-0.3, -0.25) is 0 Å². The molecule has 0 aliphatic heterocycles. The summed E-state index contributed by atoms with van der Waals surface area (Å²) in [4.78, 5) is 0. The Kier molecular flexibility index (Phi) is 4.49. The minimum Gasteiger partial charge on any atom is -0.389 e. The summed E-state index contributed by atoms with van der Waals surface area (Å²) in [6.45, 7) is 0. The summed E-state index contributed by atoms with van der Waals surface area (Å²) >= 11 is 0. The van der Waals surface area contributed by atoms with Gasteiger partial charge in [-0.05, 0) is 34.6 Å². The lowest BCUT2D eigenvalue weighted by atomic mass is 9.69. The molecule has 1 aliphatic carbocycles. The monoisotopic (exact) mass is 326 g/mol. The van der Waals surface area contributed by atoms with Gasteiger partial charge in [-0.25, -0.2) is 0 Å². The van der Waals surface area contributed by atoms with Crippen molar-refractivity contribution in [2.45, 2.75) is 24.4 Å². The minimum atomic E-state index is -0.416. The molecule has 3 atom stereocenters. The minimum absolute atomic E-state index is 0.245. The number of allylic oxidation sites excluding steroid dienone is 1. The van der Waals surface area contributed by atoms with Crippen LogP contribution in [0.5, 0.6) is 0 Å². The van der Waals surface area contributed by atoms with Crippen LogP contribution in [0.2, 0.25) is 0 Å². The van der Waals surface area contributed by atoms with Crippen LogP contribution in [0.25, 0.3) is 5.57 Å². The topological polar surface area (TPSA) is 20.2 Å². The lowest BCUT2D eigenvalue weighted by molar-refractivity contribution is 0.193. The maximum Gasteiger partial charge on any atom is 0.0733 e. The molecule has 124 valence electrons. The zero-order valence-corrected chi connectivity index (χ0v) is 14.1. The van der Waals surface area contributed by atoms with Gasteiger partial charge in [0, 0.05) is 5.92 Å². The number of aliphatic hydroxyl groups is 1. The van der Waals surface area contributed by atoms with E-state index >= 15 is 0 Å². The number of aliphatic hydroxyl groups excluding tert-OH is 1. The molecule has 1 nitrogen and oxygen atoms in total. The average Bonchev–Trinajstić information content (AvgIpc) is 2.69. The second kappa shape index (κ2) is 7.08. The Morgan fingerprint density at radius 2 is 1.16 bits per heavy atom. The van der Waals surface area contributed by atoms with Gasteiger partial charge in [0.25, 0.3) is 0 Å². The first-order valence-corrected chi connectivity index (χ1v) is 8.88. The Balaban J connectivity index is 1.86. The molecule has 0 amide bonds. The van der Waals surface area contributed by atoms with Crippen LogP contribution in [0, 0.1) is 0 Å². The fourth-order valence-electron chi connectivity index (χ4n) is 4.00. The quantitative estimate of drug-likeness (QED) is 0.683. The average molecular weight is 326 g/mol. The Bertz CT molecular complexity index is 837. The van der Waals surface area contributed by atoms with Crippen molar-refractivity contribution in [1.82, 2.24) is 0 Å². The fourth-order valence-corrected chi connectivity index (χ4v) is 4.00. The SMILES string of the molecule is O[C@@H]1C=C(c2ccccc2)[C@H](c2ccccc2)[C@@H](c2ccccc2)C1. The molecule has 25 heavy (non-hydrogen) atoms. The highest BCUT2D eigenvalue weighted by atomic mass is 16.3. The lowest BCUT2D eigenvalue weighted by Gasteiger charge is -2.36. The van der Waals surface area contributed by atoms with Crippen LogP contribution in [-0.4, -0.2) is 11.2 Å². The van der Waals surface area contributed by atoms with Crippen molar-refractivity contribution in [2.24, 2.45) is 0 Å². The van der Waals surface area contributed by atoms with Gasteiger partial charge >= 0.3 is 0 Å². The molecule has 0 saturated carbocycles. The Hall–Kier alpha value is -2.64. The predicted octanol–water partition coefficient (Wildman–Crippen LogP) is 5.40. The zero-order chi connectivity index (χ0) is 17.1. The summed E-state index contributed by atoms with van der Waals surface area (Å²) in [6.07, 6.45) is 2.38. The summed E-state index contributed by atoms with van der Waals surface area (Å²) in [6, 6.07) is 31.7. The van der Waals surface area contributed by atoms with Crippen molar-refractivity contribution < 1.29 is 5.11 Å². The van der Waals surface area contributed by atoms with E-state index in [1.54, 1.807) is 0 Å². The van der Waals surface area contributed by atoms with E-state index in [4.69, 9.17) is 0 Å². The Labute approximate surface area is 149 Å². The third kappa shape index (κ3) is 3.29. The summed E-state index contributed by atoms with van der Waals surface area (Å²) in [5, 5.41) is 10.6. The van der Waals surface area contributed by atoms with Crippen LogP contribution in [0.4, 0.5) is 0 Å². The number of hydrogen-bond donors (Lipinski definition) is 1. The molecule has 0 heterocycles. The van der Waals surface area contributed by atoms with Gasteiger partial charge in [-0.1, -0.05) is 97.1 Å². The van der Waals surface area contributed by atoms with E-state index in [2.05, 4.69) is 78.9 Å². The van der Waals surface area contributed by atoms with Crippen LogP contribution < -0.4 is 0 Å². The molecule has 1 heteroatoms. The molecule has 1 N–H and O–H groups in total. The highest BCUT2D eigenvalue weighted by Gasteiger charge is 2.34. The molecule has 0 saturated heterocycles. The van der Waals surface area contributed by atoms with Crippen LogP contribution in [0.15, 0.2) is 97.1 Å². The van der Waals surface area contributed by atoms with Gasteiger partial charge in [0.1, 0.15) is 0 Å². The van der Waals surface area contributed by atoms with Gasteiger partial charge in [-0.2, -0.15) is 0 Å². The predicted molar refractivity (Wildman–Crippen MR) is 103 cm³/mol. The van der Waals surface area contributed by atoms with Gasteiger partial charge in [-0.15, -0.1) is 0 Å². The van der Waals surface area contributed by atoms with E-state index in [0.717, 1.165) is 6.42 Å². The van der Waals surface area contributed by atoms with E-state index in [1.807, 2.05) is 18.2 Å². The molecule has 0 unspecified atom stereocenters. The molecular weight excluding hydrogens is 304 g/mol. The van der Waals surface area contributed by atoms with Crippen LogP contribution in [-0.2, 0) is 0 Å². The van der Waals surface area contributed by atoms with Gasteiger partial charge in [0.05, 0.1) is 6.10 Å². The fraction of sp³-hybridized carbons (Fsp3) is 0.167. The smallest absolute Gasteiger partial charge is 0.0733 e. The van der Waals surface area contributed by atoms with Gasteiger partial charge < -0.3 is 5.11 Å². The van der Waals surface area contributed by atoms with Crippen molar-refractivity contribution in [1.29, 1.82) is 0 Å². The molecule has 3 aromatic rings. The largest absolute Gasteiger partial charge is 0.389 e. The van der Waals surface area contributed by atoms with E-state index in [9.17, 15) is 5.11 Å². The number of rotatable bonds is 3. The zero-order valence-electron chi connectivity index (χ0n) is 14.1. The molecule has 1 aliphatic rings. The Morgan fingerprint density at radius 3 is 1.76 bits per heavy atom. The molecule has 0 aromatic heterocycles. The third-order valence-electron chi connectivity index (χ3n) is 5.10. The van der Waals surface area contributed by atoms with Crippen LogP contribution in [0.1, 0.15) is 34.9 Å². The van der Waals surface area contributed by atoms with Crippen LogP contribution in [0.3, 0.4) is 0 Å². The van der Waals surface area contributed by atoms with E-state index < -0.39 is 6.10 Å². The highest BCUT2D eigenvalue weighted by molar-refractivity contribution is 5.74. The van der Waals surface area contributed by atoms with Crippen molar-refractivity contribution in [3.05, 3.63) is 114 Å². The third-order valence-corrected chi connectivity index (χ3v) is 5.10. The van der Waals surface area contributed by atoms with Crippen molar-refractivity contribution >= 4 is 5.57 Å². The second-order valence-corrected chi connectivity index (χ2v) is 6.70. The summed E-state index contributed by atoms with van der Waals surface area (Å²) in [7, 11) is 0. The number of benzene rings is 3. The van der Waals surface area contributed by atoms with Crippen molar-refractivity contribution in [2.75, 3.05) is 0 Å². The summed E-state index contributed by atoms with van der Waals surface area (Å²) in [5.41, 5.74) is 5.01. The maximum absolute atomic E-state index is 10.6. The lowest BCUT2D eigenvalue weighted by Crippen LogP contribution is -2.24. The van der Waals surface area contributed by atoms with Gasteiger partial charge in [0.15, 0.2) is 0 Å². The number of hydrogen-bond acceptors (Lipinski definition) is 1. The maximum atomic E-state index is 10.6. The highest BCUT2D eigenvalue weighted by Crippen LogP contribution is 2.48. The second-order valence-electron chi connectivity index (χ2n) is 6.70. The summed E-state index contributed by atoms with van der Waals surface area (Å²) < 4.78 is 0. The molecule has 0 bridgehead atoms. The van der Waals surface area contributed by atoms with Crippen molar-refractivity contribution in [3.63, 3.8) is 0 Å². The molecule has 3 aromatic carbocycles. The first-order valence-electron chi connectivity index (χ1n) is 8.88.